The molecule has 44 heavy (non-hydrogen) atoms. The highest BCUT2D eigenvalue weighted by atomic mass is 16.7. The summed E-state index contributed by atoms with van der Waals surface area (Å²) in [5, 5.41) is 36.2. The van der Waals surface area contributed by atoms with E-state index in [0.29, 0.717) is 12.8 Å². The lowest BCUT2D eigenvalue weighted by molar-refractivity contribution is -0.283. The second kappa shape index (κ2) is 15.0. The summed E-state index contributed by atoms with van der Waals surface area (Å²) in [5.41, 5.74) is -1.75. The van der Waals surface area contributed by atoms with Crippen LogP contribution in [0, 0.1) is 29.1 Å². The van der Waals surface area contributed by atoms with Crippen molar-refractivity contribution in [2.45, 2.75) is 96.1 Å². The molecule has 0 amide bonds. The minimum Gasteiger partial charge on any atom is -0.481 e. The average molecular weight is 629 g/mol. The summed E-state index contributed by atoms with van der Waals surface area (Å²) in [4.78, 5) is 95.8. The lowest BCUT2D eigenvalue weighted by Gasteiger charge is -2.46. The van der Waals surface area contributed by atoms with Crippen molar-refractivity contribution in [3.63, 3.8) is 0 Å². The van der Waals surface area contributed by atoms with Gasteiger partial charge in [-0.2, -0.15) is 0 Å². The van der Waals surface area contributed by atoms with Gasteiger partial charge < -0.3 is 39.4 Å². The number of fused-ring (bicyclic) bond motifs is 5. The molecule has 3 saturated carbocycles. The third-order valence-corrected chi connectivity index (χ3v) is 8.62. The zero-order valence-corrected chi connectivity index (χ0v) is 23.8. The summed E-state index contributed by atoms with van der Waals surface area (Å²) in [7, 11) is 0. The second-order valence-electron chi connectivity index (χ2n) is 11.4. The van der Waals surface area contributed by atoms with Crippen LogP contribution in [0.15, 0.2) is 0 Å². The molecule has 3 aliphatic rings. The monoisotopic (exact) mass is 628 g/mol. The van der Waals surface area contributed by atoms with Crippen LogP contribution in [-0.2, 0) is 57.3 Å². The Kier molecular flexibility index (Phi) is 11.7. The molecule has 16 heteroatoms. The standard InChI is InChI=1S/C28H36O16/c29-17(30)3-7-21(37)41-26(42-22(38)8-4-18(31)32)28(12-11-16-14-1-2-15(13-14)25(16)28)27(43-23(39)9-5-19(33)34)44-24(40)10-6-20(35)36/h14-16,25-27H,1-13H2,(H,29,30)(H,31,32)(H,33,34)(H,35,36). The minimum absolute atomic E-state index is 0.0154. The van der Waals surface area contributed by atoms with Crippen molar-refractivity contribution in [1.29, 1.82) is 0 Å². The second-order valence-corrected chi connectivity index (χ2v) is 11.4. The summed E-state index contributed by atoms with van der Waals surface area (Å²) < 4.78 is 22.2. The number of aliphatic carboxylic acids is 4. The summed E-state index contributed by atoms with van der Waals surface area (Å²) >= 11 is 0. The van der Waals surface area contributed by atoms with E-state index in [-0.39, 0.29) is 24.2 Å². The van der Waals surface area contributed by atoms with Gasteiger partial charge in [-0.05, 0) is 55.8 Å². The van der Waals surface area contributed by atoms with Gasteiger partial charge in [-0.25, -0.2) is 0 Å². The molecule has 3 rings (SSSR count). The van der Waals surface area contributed by atoms with Crippen LogP contribution < -0.4 is 0 Å². The first-order chi connectivity index (χ1) is 20.7. The Morgan fingerprint density at radius 1 is 0.523 bits per heavy atom. The first kappa shape index (κ1) is 34.3. The first-order valence-corrected chi connectivity index (χ1v) is 14.4. The van der Waals surface area contributed by atoms with E-state index in [4.69, 9.17) is 39.4 Å². The molecule has 244 valence electrons. The predicted molar refractivity (Wildman–Crippen MR) is 139 cm³/mol. The van der Waals surface area contributed by atoms with Crippen LogP contribution in [0.5, 0.6) is 0 Å². The van der Waals surface area contributed by atoms with E-state index in [1.807, 2.05) is 0 Å². The summed E-state index contributed by atoms with van der Waals surface area (Å²) in [6.45, 7) is 0. The number of carboxylic acid groups (broad SMARTS) is 4. The summed E-state index contributed by atoms with van der Waals surface area (Å²) in [6.07, 6.45) is -6.21. The van der Waals surface area contributed by atoms with E-state index in [1.165, 1.54) is 0 Å². The fraction of sp³-hybridized carbons (Fsp3) is 0.714. The van der Waals surface area contributed by atoms with Gasteiger partial charge in [-0.3, -0.25) is 38.4 Å². The molecule has 3 aliphatic carbocycles. The predicted octanol–water partition coefficient (Wildman–Crippen LogP) is 1.71. The van der Waals surface area contributed by atoms with Crippen molar-refractivity contribution in [1.82, 2.24) is 0 Å². The highest BCUT2D eigenvalue weighted by Gasteiger charge is 2.69. The lowest BCUT2D eigenvalue weighted by Crippen LogP contribution is -2.56. The highest BCUT2D eigenvalue weighted by Crippen LogP contribution is 2.68. The van der Waals surface area contributed by atoms with Gasteiger partial charge in [-0.15, -0.1) is 0 Å². The molecule has 0 spiro atoms. The Labute approximate surface area is 250 Å². The van der Waals surface area contributed by atoms with Gasteiger partial charge >= 0.3 is 47.8 Å². The molecule has 0 aliphatic heterocycles. The quantitative estimate of drug-likeness (QED) is 0.124. The number of carboxylic acids is 4. The molecule has 2 bridgehead atoms. The Morgan fingerprint density at radius 2 is 0.864 bits per heavy atom. The summed E-state index contributed by atoms with van der Waals surface area (Å²) in [5.74, 6) is -10.2. The molecule has 0 radical (unpaired) electrons. The van der Waals surface area contributed by atoms with Crippen LogP contribution in [0.1, 0.15) is 83.5 Å². The fourth-order valence-electron chi connectivity index (χ4n) is 6.94. The molecule has 3 fully saturated rings. The highest BCUT2D eigenvalue weighted by molar-refractivity contribution is 5.79. The molecule has 4 atom stereocenters. The van der Waals surface area contributed by atoms with E-state index < -0.39 is 123 Å². The Bertz CT molecular complexity index is 1030. The molecule has 0 aromatic rings. The maximum absolute atomic E-state index is 12.9. The van der Waals surface area contributed by atoms with Gasteiger partial charge in [0.05, 0.1) is 51.4 Å². The Balaban J connectivity index is 2.08. The van der Waals surface area contributed by atoms with E-state index in [2.05, 4.69) is 0 Å². The van der Waals surface area contributed by atoms with Crippen molar-refractivity contribution in [3.8, 4) is 0 Å². The van der Waals surface area contributed by atoms with Crippen LogP contribution in [0.25, 0.3) is 0 Å². The Hall–Kier alpha value is -4.24. The number of esters is 4. The van der Waals surface area contributed by atoms with Crippen molar-refractivity contribution in [2.75, 3.05) is 0 Å². The molecule has 4 N–H and O–H groups in total. The number of hydrogen-bond acceptors (Lipinski definition) is 12. The largest absolute Gasteiger partial charge is 0.481 e. The third-order valence-electron chi connectivity index (χ3n) is 8.62. The fourth-order valence-corrected chi connectivity index (χ4v) is 6.94. The van der Waals surface area contributed by atoms with Crippen molar-refractivity contribution >= 4 is 47.8 Å². The van der Waals surface area contributed by atoms with Crippen LogP contribution in [-0.4, -0.2) is 80.8 Å². The summed E-state index contributed by atoms with van der Waals surface area (Å²) in [6, 6.07) is 0. The lowest BCUT2D eigenvalue weighted by atomic mass is 9.67. The molecule has 0 aromatic heterocycles. The number of hydrogen-bond donors (Lipinski definition) is 4. The van der Waals surface area contributed by atoms with Crippen molar-refractivity contribution in [3.05, 3.63) is 0 Å². The van der Waals surface area contributed by atoms with E-state index in [1.54, 1.807) is 0 Å². The van der Waals surface area contributed by atoms with E-state index >= 15 is 0 Å². The van der Waals surface area contributed by atoms with Crippen molar-refractivity contribution < 1.29 is 77.7 Å². The Morgan fingerprint density at radius 3 is 1.20 bits per heavy atom. The van der Waals surface area contributed by atoms with Gasteiger partial charge in [0.2, 0.25) is 0 Å². The zero-order chi connectivity index (χ0) is 32.6. The molecule has 16 nitrogen and oxygen atoms in total. The van der Waals surface area contributed by atoms with Crippen LogP contribution in [0.2, 0.25) is 0 Å². The zero-order valence-electron chi connectivity index (χ0n) is 23.8. The molecular weight excluding hydrogens is 592 g/mol. The normalized spacial score (nSPS) is 22.7. The molecule has 4 unspecified atom stereocenters. The molecule has 0 saturated heterocycles. The van der Waals surface area contributed by atoms with Crippen LogP contribution in [0.3, 0.4) is 0 Å². The minimum atomic E-state index is -1.93. The number of rotatable bonds is 18. The molecule has 0 aromatic carbocycles. The number of ether oxygens (including phenoxy) is 4. The van der Waals surface area contributed by atoms with Crippen LogP contribution in [0.4, 0.5) is 0 Å². The number of carbonyl (C=O) groups excluding carboxylic acids is 4. The maximum Gasteiger partial charge on any atom is 0.309 e. The third kappa shape index (κ3) is 8.66. The number of carbonyl (C=O) groups is 8. The van der Waals surface area contributed by atoms with Crippen molar-refractivity contribution in [2.24, 2.45) is 29.1 Å². The van der Waals surface area contributed by atoms with Gasteiger partial charge in [0.15, 0.2) is 0 Å². The van der Waals surface area contributed by atoms with Gasteiger partial charge in [0, 0.05) is 0 Å². The topological polar surface area (TPSA) is 254 Å². The SMILES string of the molecule is O=C(O)CCC(=O)OC(OC(=O)CCC(=O)O)C1(C(OC(=O)CCC(=O)O)OC(=O)CCC(=O)O)CCC2C3CCC(C3)C21. The molecule has 0 heterocycles. The smallest absolute Gasteiger partial charge is 0.309 e. The van der Waals surface area contributed by atoms with Gasteiger partial charge in [0.1, 0.15) is 5.41 Å². The first-order valence-electron chi connectivity index (χ1n) is 14.4. The van der Waals surface area contributed by atoms with Gasteiger partial charge in [0.25, 0.3) is 12.6 Å². The molecular formula is C28H36O16. The van der Waals surface area contributed by atoms with Crippen LogP contribution >= 0.6 is 0 Å². The average Bonchev–Trinajstić information content (AvgIpc) is 3.66. The maximum atomic E-state index is 12.9. The van der Waals surface area contributed by atoms with Gasteiger partial charge in [-0.1, -0.05) is 0 Å². The van der Waals surface area contributed by atoms with E-state index in [9.17, 15) is 38.4 Å². The van der Waals surface area contributed by atoms with E-state index in [0.717, 1.165) is 12.8 Å².